The highest BCUT2D eigenvalue weighted by Crippen LogP contribution is 2.36. The molecule has 2 aliphatic heterocycles. The van der Waals surface area contributed by atoms with E-state index < -0.39 is 0 Å². The molecule has 1 atom stereocenters. The van der Waals surface area contributed by atoms with Crippen molar-refractivity contribution < 1.29 is 15.6 Å². The van der Waals surface area contributed by atoms with Crippen LogP contribution in [0.25, 0.3) is 11.0 Å². The maximum Gasteiger partial charge on any atom is 0.326 e. The lowest BCUT2D eigenvalue weighted by Crippen LogP contribution is -2.49. The van der Waals surface area contributed by atoms with Crippen molar-refractivity contribution in [2.45, 2.75) is 24.9 Å². The predicted octanol–water partition coefficient (Wildman–Crippen LogP) is 3.39. The Labute approximate surface area is 233 Å². The van der Waals surface area contributed by atoms with Gasteiger partial charge in [-0.1, -0.05) is 24.3 Å². The standard InChI is InChI=1S/C29H33N7O4.H2/c1-38-22-9-6-19(7-10-22)27(28(33-30)36(31)21-8-11-25-26(18-21)40-17-16-39-25)34-14-12-20(13-15-34)35-24-5-3-2-4-23(24)32-29(35)37;/h2-11,18,20,27H,12-17,30-31H2,1H3,(H,32,37);1H/b33-28-;. The molecule has 11 nitrogen and oxygen atoms in total. The molecule has 3 heterocycles. The molecular weight excluding hydrogens is 510 g/mol. The van der Waals surface area contributed by atoms with Gasteiger partial charge < -0.3 is 25.0 Å². The van der Waals surface area contributed by atoms with Crippen molar-refractivity contribution in [3.05, 3.63) is 82.8 Å². The van der Waals surface area contributed by atoms with E-state index in [-0.39, 0.29) is 19.2 Å². The lowest BCUT2D eigenvalue weighted by molar-refractivity contribution is 0.164. The van der Waals surface area contributed by atoms with Crippen LogP contribution >= 0.6 is 0 Å². The molecule has 6 rings (SSSR count). The van der Waals surface area contributed by atoms with Crippen LogP contribution in [0, 0.1) is 0 Å². The Morgan fingerprint density at radius 2 is 1.80 bits per heavy atom. The molecule has 0 saturated carbocycles. The van der Waals surface area contributed by atoms with Crippen molar-refractivity contribution in [2.75, 3.05) is 38.4 Å². The first-order valence-corrected chi connectivity index (χ1v) is 13.4. The van der Waals surface area contributed by atoms with Crippen LogP contribution in [0.3, 0.4) is 0 Å². The fraction of sp³-hybridized carbons (Fsp3) is 0.310. The number of H-pyrrole nitrogens is 1. The molecule has 0 spiro atoms. The molecule has 1 aromatic heterocycles. The summed E-state index contributed by atoms with van der Waals surface area (Å²) in [7, 11) is 1.64. The SMILES string of the molecule is COc1ccc(C(/C(=N/N)N(N)c2ccc3c(c2)OCCO3)N2CCC(n3c(=O)[nH]c4ccccc43)CC2)cc1.[HH]. The van der Waals surface area contributed by atoms with Crippen LogP contribution in [-0.2, 0) is 0 Å². The number of imidazole rings is 1. The number of amidine groups is 1. The number of hydrazone groups is 1. The number of hydrazine groups is 1. The average Bonchev–Trinajstić information content (AvgIpc) is 3.35. The zero-order valence-electron chi connectivity index (χ0n) is 22.3. The number of hydrogen-bond acceptors (Lipinski definition) is 8. The highest BCUT2D eigenvalue weighted by molar-refractivity contribution is 6.01. The molecule has 1 saturated heterocycles. The van der Waals surface area contributed by atoms with Crippen LogP contribution in [0.15, 0.2) is 76.6 Å². The molecule has 0 aliphatic carbocycles. The Hall–Kier alpha value is -4.48. The summed E-state index contributed by atoms with van der Waals surface area (Å²) in [6.07, 6.45) is 1.56. The van der Waals surface area contributed by atoms with Crippen LogP contribution in [-0.4, -0.2) is 53.7 Å². The van der Waals surface area contributed by atoms with Gasteiger partial charge in [-0.25, -0.2) is 10.6 Å². The van der Waals surface area contributed by atoms with Crippen molar-refractivity contribution in [1.82, 2.24) is 14.5 Å². The van der Waals surface area contributed by atoms with Gasteiger partial charge in [0.1, 0.15) is 19.0 Å². The van der Waals surface area contributed by atoms with Crippen molar-refractivity contribution in [2.24, 2.45) is 16.8 Å². The van der Waals surface area contributed by atoms with Crippen molar-refractivity contribution in [3.8, 4) is 17.2 Å². The monoisotopic (exact) mass is 545 g/mol. The Morgan fingerprint density at radius 1 is 1.07 bits per heavy atom. The van der Waals surface area contributed by atoms with E-state index in [1.54, 1.807) is 7.11 Å². The highest BCUT2D eigenvalue weighted by atomic mass is 16.6. The van der Waals surface area contributed by atoms with E-state index in [2.05, 4.69) is 15.0 Å². The maximum absolute atomic E-state index is 12.8. The summed E-state index contributed by atoms with van der Waals surface area (Å²) in [6.45, 7) is 2.40. The molecule has 3 aromatic carbocycles. The van der Waals surface area contributed by atoms with Gasteiger partial charge in [0, 0.05) is 26.6 Å². The third kappa shape index (κ3) is 4.74. The normalized spacial score (nSPS) is 17.1. The van der Waals surface area contributed by atoms with Gasteiger partial charge in [-0.05, 0) is 54.8 Å². The number of nitrogens with two attached hydrogens (primary N) is 2. The minimum absolute atomic E-state index is 0. The molecule has 210 valence electrons. The number of nitrogens with one attached hydrogen (secondary N) is 1. The van der Waals surface area contributed by atoms with Gasteiger partial charge in [0.15, 0.2) is 17.3 Å². The molecule has 1 unspecified atom stereocenters. The first-order valence-electron chi connectivity index (χ1n) is 13.4. The summed E-state index contributed by atoms with van der Waals surface area (Å²) in [5.41, 5.74) is 3.34. The molecule has 0 radical (unpaired) electrons. The number of fused-ring (bicyclic) bond motifs is 2. The molecular formula is C29H35N7O4. The Bertz CT molecular complexity index is 1580. The van der Waals surface area contributed by atoms with Crippen molar-refractivity contribution >= 4 is 22.6 Å². The number of para-hydroxylation sites is 2. The first-order chi connectivity index (χ1) is 19.6. The molecule has 4 aromatic rings. The third-order valence-electron chi connectivity index (χ3n) is 7.71. The predicted molar refractivity (Wildman–Crippen MR) is 156 cm³/mol. The highest BCUT2D eigenvalue weighted by Gasteiger charge is 2.34. The summed E-state index contributed by atoms with van der Waals surface area (Å²) in [4.78, 5) is 18.1. The third-order valence-corrected chi connectivity index (χ3v) is 7.71. The number of hydrogen-bond donors (Lipinski definition) is 3. The van der Waals surface area contributed by atoms with Crippen LogP contribution in [0.1, 0.15) is 31.9 Å². The van der Waals surface area contributed by atoms with E-state index in [1.807, 2.05) is 71.3 Å². The number of ether oxygens (including phenoxy) is 3. The molecule has 5 N–H and O–H groups in total. The lowest BCUT2D eigenvalue weighted by atomic mass is 9.97. The van der Waals surface area contributed by atoms with Crippen LogP contribution < -0.4 is 36.6 Å². The summed E-state index contributed by atoms with van der Waals surface area (Å²) in [5, 5.41) is 5.71. The van der Waals surface area contributed by atoms with E-state index in [0.29, 0.717) is 49.3 Å². The van der Waals surface area contributed by atoms with E-state index in [9.17, 15) is 4.79 Å². The summed E-state index contributed by atoms with van der Waals surface area (Å²) in [5.74, 6) is 15.3. The number of likely N-dealkylation sites (tertiary alicyclic amines) is 1. The van der Waals surface area contributed by atoms with Crippen molar-refractivity contribution in [3.63, 3.8) is 0 Å². The van der Waals surface area contributed by atoms with Crippen LogP contribution in [0.2, 0.25) is 0 Å². The quantitative estimate of drug-likeness (QED) is 0.145. The van der Waals surface area contributed by atoms with Gasteiger partial charge in [-0.15, -0.1) is 0 Å². The van der Waals surface area contributed by atoms with E-state index in [0.717, 1.165) is 35.2 Å². The molecule has 11 heteroatoms. The van der Waals surface area contributed by atoms with Gasteiger partial charge in [0.05, 0.1) is 29.9 Å². The summed E-state index contributed by atoms with van der Waals surface area (Å²) < 4.78 is 18.7. The zero-order chi connectivity index (χ0) is 27.6. The average molecular weight is 546 g/mol. The molecule has 2 aliphatic rings. The van der Waals surface area contributed by atoms with Crippen molar-refractivity contribution in [1.29, 1.82) is 0 Å². The van der Waals surface area contributed by atoms with E-state index >= 15 is 0 Å². The van der Waals surface area contributed by atoms with Gasteiger partial charge in [0.2, 0.25) is 0 Å². The number of methoxy groups -OCH3 is 1. The van der Waals surface area contributed by atoms with Gasteiger partial charge >= 0.3 is 5.69 Å². The number of benzene rings is 3. The second-order valence-electron chi connectivity index (χ2n) is 9.95. The van der Waals surface area contributed by atoms with Crippen LogP contribution in [0.5, 0.6) is 17.2 Å². The lowest BCUT2D eigenvalue weighted by Gasteiger charge is -2.40. The Morgan fingerprint density at radius 3 is 2.52 bits per heavy atom. The van der Waals surface area contributed by atoms with Crippen LogP contribution in [0.4, 0.5) is 5.69 Å². The topological polar surface area (TPSA) is 136 Å². The number of rotatable bonds is 6. The number of aromatic nitrogens is 2. The fourth-order valence-corrected chi connectivity index (χ4v) is 5.73. The minimum atomic E-state index is -0.338. The second kappa shape index (κ2) is 10.9. The van der Waals surface area contributed by atoms with Gasteiger partial charge in [-0.2, -0.15) is 5.10 Å². The van der Waals surface area contributed by atoms with E-state index in [1.165, 1.54) is 5.01 Å². The first kappa shape index (κ1) is 25.8. The molecule has 0 amide bonds. The molecule has 0 bridgehead atoms. The number of aromatic amines is 1. The van der Waals surface area contributed by atoms with Gasteiger partial charge in [0.25, 0.3) is 0 Å². The minimum Gasteiger partial charge on any atom is -0.497 e. The number of nitrogens with zero attached hydrogens (tertiary/aromatic N) is 4. The Kier molecular flexibility index (Phi) is 7.06. The van der Waals surface area contributed by atoms with Gasteiger partial charge in [-0.3, -0.25) is 14.5 Å². The number of piperidine rings is 1. The molecule has 1 fully saturated rings. The second-order valence-corrected chi connectivity index (χ2v) is 9.95. The summed E-state index contributed by atoms with van der Waals surface area (Å²) >= 11 is 0. The molecule has 40 heavy (non-hydrogen) atoms. The smallest absolute Gasteiger partial charge is 0.326 e. The fourth-order valence-electron chi connectivity index (χ4n) is 5.73. The Balaban J connectivity index is 0.00000337. The largest absolute Gasteiger partial charge is 0.497 e. The zero-order valence-corrected chi connectivity index (χ0v) is 22.3. The maximum atomic E-state index is 12.8. The summed E-state index contributed by atoms with van der Waals surface area (Å²) in [6, 6.07) is 20.9. The number of anilines is 1. The van der Waals surface area contributed by atoms with E-state index in [4.69, 9.17) is 25.9 Å².